The Hall–Kier alpha value is -0.0800. The monoisotopic (exact) mass is 255 g/mol. The lowest BCUT2D eigenvalue weighted by atomic mass is 9.91. The molecule has 1 atom stereocenters. The summed E-state index contributed by atoms with van der Waals surface area (Å²) in [5.41, 5.74) is 0. The largest absolute Gasteiger partial charge is 0.385 e. The van der Waals surface area contributed by atoms with Gasteiger partial charge in [-0.15, -0.1) is 0 Å². The molecule has 0 aromatic rings. The molecule has 1 aliphatic carbocycles. The Kier molecular flexibility index (Phi) is 9.59. The molecule has 18 heavy (non-hydrogen) atoms. The second-order valence-electron chi connectivity index (χ2n) is 5.88. The first-order chi connectivity index (χ1) is 8.86. The lowest BCUT2D eigenvalue weighted by Gasteiger charge is -2.23. The van der Waals surface area contributed by atoms with Crippen LogP contribution >= 0.6 is 0 Å². The van der Waals surface area contributed by atoms with Crippen molar-refractivity contribution in [3.63, 3.8) is 0 Å². The van der Waals surface area contributed by atoms with Crippen LogP contribution in [0.1, 0.15) is 71.1 Å². The van der Waals surface area contributed by atoms with Crippen molar-refractivity contribution in [1.82, 2.24) is 5.32 Å². The van der Waals surface area contributed by atoms with Crippen LogP contribution in [0.15, 0.2) is 0 Å². The molecule has 108 valence electrons. The molecule has 0 spiro atoms. The van der Waals surface area contributed by atoms with E-state index in [9.17, 15) is 0 Å². The molecule has 0 aromatic heterocycles. The van der Waals surface area contributed by atoms with E-state index in [1.807, 2.05) is 0 Å². The third-order valence-corrected chi connectivity index (χ3v) is 4.18. The van der Waals surface area contributed by atoms with Gasteiger partial charge in [0.25, 0.3) is 0 Å². The Morgan fingerprint density at radius 1 is 1.17 bits per heavy atom. The second kappa shape index (κ2) is 10.8. The van der Waals surface area contributed by atoms with Gasteiger partial charge in [0.1, 0.15) is 0 Å². The highest BCUT2D eigenvalue weighted by Gasteiger charge is 2.17. The molecule has 0 bridgehead atoms. The molecule has 0 radical (unpaired) electrons. The molecular weight excluding hydrogens is 222 g/mol. The van der Waals surface area contributed by atoms with Gasteiger partial charge in [0, 0.05) is 19.8 Å². The summed E-state index contributed by atoms with van der Waals surface area (Å²) >= 11 is 0. The topological polar surface area (TPSA) is 21.3 Å². The van der Waals surface area contributed by atoms with Crippen molar-refractivity contribution in [3.05, 3.63) is 0 Å². The zero-order valence-corrected chi connectivity index (χ0v) is 12.5. The van der Waals surface area contributed by atoms with Crippen LogP contribution in [0.25, 0.3) is 0 Å². The smallest absolute Gasteiger partial charge is 0.0462 e. The molecular formula is C16H33NO. The molecule has 1 rings (SSSR count). The summed E-state index contributed by atoms with van der Waals surface area (Å²) in [5.74, 6) is 0.976. The number of nitrogens with one attached hydrogen (secondary N) is 1. The molecule has 0 aliphatic heterocycles. The van der Waals surface area contributed by atoms with E-state index in [4.69, 9.17) is 4.74 Å². The van der Waals surface area contributed by atoms with Gasteiger partial charge in [0.05, 0.1) is 0 Å². The average Bonchev–Trinajstić information content (AvgIpc) is 2.64. The van der Waals surface area contributed by atoms with Gasteiger partial charge >= 0.3 is 0 Å². The first-order valence-electron chi connectivity index (χ1n) is 8.09. The van der Waals surface area contributed by atoms with Crippen molar-refractivity contribution in [2.45, 2.75) is 77.2 Å². The summed E-state index contributed by atoms with van der Waals surface area (Å²) in [7, 11) is 1.81. The van der Waals surface area contributed by atoms with Crippen LogP contribution in [0.3, 0.4) is 0 Å². The molecule has 0 amide bonds. The standard InChI is InChI=1S/C16H33NO/c1-3-12-17-16(11-8-13-18-2)14-15-9-6-4-5-7-10-15/h15-17H,3-14H2,1-2H3. The number of hydrogen-bond donors (Lipinski definition) is 1. The molecule has 0 heterocycles. The van der Waals surface area contributed by atoms with E-state index in [-0.39, 0.29) is 0 Å². The third kappa shape index (κ3) is 7.38. The SMILES string of the molecule is CCCNC(CCCOC)CC1CCCCCC1. The first-order valence-corrected chi connectivity index (χ1v) is 8.09. The zero-order valence-electron chi connectivity index (χ0n) is 12.5. The van der Waals surface area contributed by atoms with E-state index in [0.29, 0.717) is 0 Å². The van der Waals surface area contributed by atoms with Crippen molar-refractivity contribution in [2.75, 3.05) is 20.3 Å². The minimum Gasteiger partial charge on any atom is -0.385 e. The fourth-order valence-electron chi connectivity index (χ4n) is 3.13. The van der Waals surface area contributed by atoms with Gasteiger partial charge in [-0.3, -0.25) is 0 Å². The van der Waals surface area contributed by atoms with Gasteiger partial charge in [0.15, 0.2) is 0 Å². The summed E-state index contributed by atoms with van der Waals surface area (Å²) in [5, 5.41) is 3.74. The van der Waals surface area contributed by atoms with Crippen LogP contribution in [-0.2, 0) is 4.74 Å². The number of hydrogen-bond acceptors (Lipinski definition) is 2. The maximum Gasteiger partial charge on any atom is 0.0462 e. The lowest BCUT2D eigenvalue weighted by molar-refractivity contribution is 0.186. The van der Waals surface area contributed by atoms with E-state index >= 15 is 0 Å². The first kappa shape index (κ1) is 16.0. The minimum atomic E-state index is 0.725. The summed E-state index contributed by atoms with van der Waals surface area (Å²) in [6.07, 6.45) is 13.9. The van der Waals surface area contributed by atoms with Crippen LogP contribution < -0.4 is 5.32 Å². The fraction of sp³-hybridized carbons (Fsp3) is 1.00. The Labute approximate surface area is 114 Å². The zero-order chi connectivity index (χ0) is 13.1. The number of ether oxygens (including phenoxy) is 1. The highest BCUT2D eigenvalue weighted by molar-refractivity contribution is 4.74. The molecule has 1 saturated carbocycles. The molecule has 2 heteroatoms. The molecule has 0 aromatic carbocycles. The van der Waals surface area contributed by atoms with Gasteiger partial charge in [-0.2, -0.15) is 0 Å². The molecule has 1 N–H and O–H groups in total. The predicted octanol–water partition coefficient (Wildman–Crippen LogP) is 4.14. The summed E-state index contributed by atoms with van der Waals surface area (Å²) < 4.78 is 5.18. The Morgan fingerprint density at radius 3 is 2.50 bits per heavy atom. The van der Waals surface area contributed by atoms with E-state index in [0.717, 1.165) is 18.6 Å². The third-order valence-electron chi connectivity index (χ3n) is 4.18. The number of methoxy groups -OCH3 is 1. The molecule has 2 nitrogen and oxygen atoms in total. The second-order valence-corrected chi connectivity index (χ2v) is 5.88. The normalized spacial score (nSPS) is 19.7. The van der Waals surface area contributed by atoms with Crippen LogP contribution in [0.4, 0.5) is 0 Å². The van der Waals surface area contributed by atoms with Crippen molar-refractivity contribution in [2.24, 2.45) is 5.92 Å². The quantitative estimate of drug-likeness (QED) is 0.494. The lowest BCUT2D eigenvalue weighted by Crippen LogP contribution is -2.32. The van der Waals surface area contributed by atoms with Crippen LogP contribution in [0.2, 0.25) is 0 Å². The Balaban J connectivity index is 2.27. The van der Waals surface area contributed by atoms with Crippen LogP contribution in [-0.4, -0.2) is 26.3 Å². The highest BCUT2D eigenvalue weighted by Crippen LogP contribution is 2.27. The van der Waals surface area contributed by atoms with Gasteiger partial charge in [-0.1, -0.05) is 45.4 Å². The Bertz CT molecular complexity index is 176. The van der Waals surface area contributed by atoms with Crippen LogP contribution in [0.5, 0.6) is 0 Å². The fourth-order valence-corrected chi connectivity index (χ4v) is 3.13. The maximum atomic E-state index is 5.18. The summed E-state index contributed by atoms with van der Waals surface area (Å²) in [6, 6.07) is 0.725. The van der Waals surface area contributed by atoms with Crippen molar-refractivity contribution in [1.29, 1.82) is 0 Å². The van der Waals surface area contributed by atoms with Crippen molar-refractivity contribution < 1.29 is 4.74 Å². The number of rotatable bonds is 9. The minimum absolute atomic E-state index is 0.725. The van der Waals surface area contributed by atoms with Gasteiger partial charge in [-0.25, -0.2) is 0 Å². The van der Waals surface area contributed by atoms with E-state index in [1.54, 1.807) is 7.11 Å². The average molecular weight is 255 g/mol. The van der Waals surface area contributed by atoms with Crippen LogP contribution in [0, 0.1) is 5.92 Å². The van der Waals surface area contributed by atoms with Crippen molar-refractivity contribution in [3.8, 4) is 0 Å². The molecule has 1 unspecified atom stereocenters. The highest BCUT2D eigenvalue weighted by atomic mass is 16.5. The summed E-state index contributed by atoms with van der Waals surface area (Å²) in [4.78, 5) is 0. The summed E-state index contributed by atoms with van der Waals surface area (Å²) in [6.45, 7) is 4.34. The maximum absolute atomic E-state index is 5.18. The van der Waals surface area contributed by atoms with E-state index in [1.165, 1.54) is 70.8 Å². The van der Waals surface area contributed by atoms with Gasteiger partial charge in [0.2, 0.25) is 0 Å². The van der Waals surface area contributed by atoms with E-state index in [2.05, 4.69) is 12.2 Å². The van der Waals surface area contributed by atoms with Crippen molar-refractivity contribution >= 4 is 0 Å². The molecule has 1 fully saturated rings. The Morgan fingerprint density at radius 2 is 1.89 bits per heavy atom. The van der Waals surface area contributed by atoms with Gasteiger partial charge < -0.3 is 10.1 Å². The van der Waals surface area contributed by atoms with E-state index < -0.39 is 0 Å². The molecule has 0 saturated heterocycles. The van der Waals surface area contributed by atoms with Gasteiger partial charge in [-0.05, 0) is 38.1 Å². The molecule has 1 aliphatic rings. The predicted molar refractivity (Wildman–Crippen MR) is 79.0 cm³/mol.